The highest BCUT2D eigenvalue weighted by Crippen LogP contribution is 2.27. The van der Waals surface area contributed by atoms with Crippen LogP contribution in [0.25, 0.3) is 21.6 Å². The van der Waals surface area contributed by atoms with E-state index in [4.69, 9.17) is 9.97 Å². The van der Waals surface area contributed by atoms with Crippen LogP contribution in [0.1, 0.15) is 12.0 Å². The van der Waals surface area contributed by atoms with E-state index in [2.05, 4.69) is 53.2 Å². The van der Waals surface area contributed by atoms with Crippen molar-refractivity contribution in [3.8, 4) is 10.7 Å². The fraction of sp³-hybridized carbons (Fsp3) is 0.143. The minimum absolute atomic E-state index is 0.791. The number of para-hydroxylation sites is 1. The largest absolute Gasteiger partial charge is 0.369 e. The summed E-state index contributed by atoms with van der Waals surface area (Å²) in [6.07, 6.45) is 2.13. The minimum atomic E-state index is 0.791. The Hall–Kier alpha value is -2.72. The molecule has 0 bridgehead atoms. The smallest absolute Gasteiger partial charge is 0.172 e. The second-order valence-electron chi connectivity index (χ2n) is 5.91. The van der Waals surface area contributed by atoms with Crippen LogP contribution in [0.15, 0.2) is 72.1 Å². The third kappa shape index (κ3) is 3.69. The molecule has 0 spiro atoms. The summed E-state index contributed by atoms with van der Waals surface area (Å²) < 4.78 is 0. The average Bonchev–Trinajstić information content (AvgIpc) is 3.20. The quantitative estimate of drug-likeness (QED) is 0.475. The van der Waals surface area contributed by atoms with E-state index < -0.39 is 0 Å². The summed E-state index contributed by atoms with van der Waals surface area (Å²) in [4.78, 5) is 10.6. The predicted molar refractivity (Wildman–Crippen MR) is 106 cm³/mol. The molecule has 4 aromatic rings. The van der Waals surface area contributed by atoms with Gasteiger partial charge in [-0.2, -0.15) is 0 Å². The maximum Gasteiger partial charge on any atom is 0.172 e. The molecule has 1 N–H and O–H groups in total. The lowest BCUT2D eigenvalue weighted by Gasteiger charge is -2.10. The number of thiophene rings is 1. The molecule has 0 amide bonds. The van der Waals surface area contributed by atoms with E-state index in [1.54, 1.807) is 11.3 Å². The first-order chi connectivity index (χ1) is 12.4. The molecule has 3 nitrogen and oxygen atoms in total. The number of nitrogens with one attached hydrogen (secondary N) is 1. The molecule has 2 heterocycles. The number of aryl methyl sites for hydroxylation is 1. The van der Waals surface area contributed by atoms with Gasteiger partial charge in [0.15, 0.2) is 5.82 Å². The molecule has 0 unspecified atom stereocenters. The SMILES string of the molecule is c1ccc(CCCNc2nc(-c3cccs3)nc3ccccc23)cc1. The van der Waals surface area contributed by atoms with E-state index in [-0.39, 0.29) is 0 Å². The van der Waals surface area contributed by atoms with Crippen LogP contribution in [0.3, 0.4) is 0 Å². The average molecular weight is 345 g/mol. The maximum atomic E-state index is 4.78. The van der Waals surface area contributed by atoms with Crippen molar-refractivity contribution in [1.29, 1.82) is 0 Å². The Labute approximate surface area is 151 Å². The lowest BCUT2D eigenvalue weighted by atomic mass is 10.1. The molecule has 0 saturated carbocycles. The highest BCUT2D eigenvalue weighted by Gasteiger charge is 2.09. The molecule has 0 radical (unpaired) electrons. The molecule has 0 atom stereocenters. The number of nitrogens with zero attached hydrogens (tertiary/aromatic N) is 2. The van der Waals surface area contributed by atoms with Gasteiger partial charge in [0.25, 0.3) is 0 Å². The summed E-state index contributed by atoms with van der Waals surface area (Å²) in [6, 6.07) is 22.9. The van der Waals surface area contributed by atoms with Gasteiger partial charge in [-0.3, -0.25) is 0 Å². The van der Waals surface area contributed by atoms with Gasteiger partial charge < -0.3 is 5.32 Å². The third-order valence-corrected chi connectivity index (χ3v) is 4.99. The lowest BCUT2D eigenvalue weighted by Crippen LogP contribution is -2.06. The Morgan fingerprint density at radius 1 is 0.840 bits per heavy atom. The maximum absolute atomic E-state index is 4.78. The van der Waals surface area contributed by atoms with Crippen molar-refractivity contribution in [2.24, 2.45) is 0 Å². The van der Waals surface area contributed by atoms with Gasteiger partial charge in [-0.15, -0.1) is 11.3 Å². The van der Waals surface area contributed by atoms with Gasteiger partial charge in [0, 0.05) is 11.9 Å². The first kappa shape index (κ1) is 15.8. The van der Waals surface area contributed by atoms with Crippen molar-refractivity contribution >= 4 is 28.1 Å². The van der Waals surface area contributed by atoms with Gasteiger partial charge in [0.2, 0.25) is 0 Å². The number of hydrogen-bond donors (Lipinski definition) is 1. The van der Waals surface area contributed by atoms with Gasteiger partial charge in [-0.1, -0.05) is 48.5 Å². The van der Waals surface area contributed by atoms with Crippen molar-refractivity contribution in [2.45, 2.75) is 12.8 Å². The molecule has 0 fully saturated rings. The second kappa shape index (κ2) is 7.45. The van der Waals surface area contributed by atoms with Crippen LogP contribution in [0.5, 0.6) is 0 Å². The van der Waals surface area contributed by atoms with Crippen LogP contribution in [0.2, 0.25) is 0 Å². The van der Waals surface area contributed by atoms with E-state index in [0.29, 0.717) is 0 Å². The Balaban J connectivity index is 1.53. The van der Waals surface area contributed by atoms with Gasteiger partial charge in [-0.25, -0.2) is 9.97 Å². The molecule has 2 aromatic carbocycles. The van der Waals surface area contributed by atoms with Crippen LogP contribution in [0, 0.1) is 0 Å². The molecular weight excluding hydrogens is 326 g/mol. The summed E-state index contributed by atoms with van der Waals surface area (Å²) in [7, 11) is 0. The van der Waals surface area contributed by atoms with Gasteiger partial charge >= 0.3 is 0 Å². The van der Waals surface area contributed by atoms with Gasteiger partial charge in [0.05, 0.1) is 10.4 Å². The monoisotopic (exact) mass is 345 g/mol. The summed E-state index contributed by atoms with van der Waals surface area (Å²) in [5.41, 5.74) is 2.35. The Morgan fingerprint density at radius 3 is 2.52 bits per heavy atom. The topological polar surface area (TPSA) is 37.8 Å². The molecule has 0 aliphatic rings. The fourth-order valence-electron chi connectivity index (χ4n) is 2.87. The number of anilines is 1. The minimum Gasteiger partial charge on any atom is -0.369 e. The zero-order valence-corrected chi connectivity index (χ0v) is 14.7. The van der Waals surface area contributed by atoms with Crippen LogP contribution < -0.4 is 5.32 Å². The normalized spacial score (nSPS) is 10.9. The van der Waals surface area contributed by atoms with Crippen LogP contribution in [0.4, 0.5) is 5.82 Å². The molecular formula is C21H19N3S. The fourth-order valence-corrected chi connectivity index (χ4v) is 3.53. The predicted octanol–water partition coefficient (Wildman–Crippen LogP) is 5.40. The van der Waals surface area contributed by atoms with Crippen molar-refractivity contribution in [2.75, 3.05) is 11.9 Å². The van der Waals surface area contributed by atoms with E-state index in [1.807, 2.05) is 24.3 Å². The van der Waals surface area contributed by atoms with Crippen LogP contribution >= 0.6 is 11.3 Å². The summed E-state index contributed by atoms with van der Waals surface area (Å²) >= 11 is 1.67. The first-order valence-corrected chi connectivity index (χ1v) is 9.36. The van der Waals surface area contributed by atoms with Crippen LogP contribution in [-0.4, -0.2) is 16.5 Å². The van der Waals surface area contributed by atoms with Crippen molar-refractivity contribution in [3.05, 3.63) is 77.7 Å². The zero-order valence-electron chi connectivity index (χ0n) is 13.9. The molecule has 0 aliphatic carbocycles. The second-order valence-corrected chi connectivity index (χ2v) is 6.85. The number of rotatable bonds is 6. The molecule has 0 saturated heterocycles. The number of benzene rings is 2. The van der Waals surface area contributed by atoms with Gasteiger partial charge in [-0.05, 0) is 42.0 Å². The standard InChI is InChI=1S/C21H19N3S/c1-2-8-16(9-3-1)10-6-14-22-20-17-11-4-5-12-18(17)23-21(24-20)19-13-7-15-25-19/h1-5,7-9,11-13,15H,6,10,14H2,(H,22,23,24). The van der Waals surface area contributed by atoms with E-state index >= 15 is 0 Å². The van der Waals surface area contributed by atoms with Crippen molar-refractivity contribution < 1.29 is 0 Å². The van der Waals surface area contributed by atoms with E-state index in [9.17, 15) is 0 Å². The molecule has 124 valence electrons. The van der Waals surface area contributed by atoms with E-state index in [0.717, 1.165) is 46.8 Å². The Bertz CT molecular complexity index is 949. The molecule has 4 heteroatoms. The third-order valence-electron chi connectivity index (χ3n) is 4.12. The first-order valence-electron chi connectivity index (χ1n) is 8.48. The molecule has 25 heavy (non-hydrogen) atoms. The molecule has 2 aromatic heterocycles. The van der Waals surface area contributed by atoms with Crippen LogP contribution in [-0.2, 0) is 6.42 Å². The Morgan fingerprint density at radius 2 is 1.68 bits per heavy atom. The number of hydrogen-bond acceptors (Lipinski definition) is 4. The van der Waals surface area contributed by atoms with Gasteiger partial charge in [0.1, 0.15) is 5.82 Å². The van der Waals surface area contributed by atoms with Crippen molar-refractivity contribution in [3.63, 3.8) is 0 Å². The summed E-state index contributed by atoms with van der Waals surface area (Å²) in [6.45, 7) is 0.889. The number of fused-ring (bicyclic) bond motifs is 1. The summed E-state index contributed by atoms with van der Waals surface area (Å²) in [5, 5.41) is 6.64. The highest BCUT2D eigenvalue weighted by atomic mass is 32.1. The molecule has 4 rings (SSSR count). The number of aromatic nitrogens is 2. The van der Waals surface area contributed by atoms with E-state index in [1.165, 1.54) is 5.56 Å². The Kier molecular flexibility index (Phi) is 4.70. The van der Waals surface area contributed by atoms with Crippen molar-refractivity contribution in [1.82, 2.24) is 9.97 Å². The molecule has 0 aliphatic heterocycles. The summed E-state index contributed by atoms with van der Waals surface area (Å²) in [5.74, 6) is 1.71. The highest BCUT2D eigenvalue weighted by molar-refractivity contribution is 7.13. The zero-order chi connectivity index (χ0) is 16.9. The lowest BCUT2D eigenvalue weighted by molar-refractivity contribution is 0.860.